The molecule has 0 radical (unpaired) electrons. The molecule has 1 amide bonds. The first kappa shape index (κ1) is 24.7. The summed E-state index contributed by atoms with van der Waals surface area (Å²) in [4.78, 5) is 31.7. The number of nitrogens with zero attached hydrogens (tertiary/aromatic N) is 7. The third kappa shape index (κ3) is 4.08. The van der Waals surface area contributed by atoms with Crippen LogP contribution in [0.4, 0.5) is 5.82 Å². The number of carbonyl (C=O) groups is 1. The van der Waals surface area contributed by atoms with E-state index in [4.69, 9.17) is 5.73 Å². The standard InChI is InChI=1S/C29H25N9O2/c1-18(33-28(39)24-26(30)34-37-14-7-13-31-27(24)37)23-17-36-15-12-20(10-11-21-16-32-35(3)19(21)2)25(36)29(40)38(23)22-8-5-4-6-9-22/h4-9,12-18H,1-3H3,(H2,30,34)(H,33,39)/t18-/m1/s1. The van der Waals surface area contributed by atoms with E-state index in [1.165, 1.54) is 4.52 Å². The van der Waals surface area contributed by atoms with E-state index < -0.39 is 11.9 Å². The number of amides is 1. The number of hydrogen-bond donors (Lipinski definition) is 2. The van der Waals surface area contributed by atoms with Gasteiger partial charge in [-0.3, -0.25) is 18.8 Å². The van der Waals surface area contributed by atoms with E-state index in [1.807, 2.05) is 63.5 Å². The molecule has 1 atom stereocenters. The van der Waals surface area contributed by atoms with Crippen molar-refractivity contribution in [1.29, 1.82) is 0 Å². The number of nitrogens with two attached hydrogens (primary N) is 1. The fraction of sp³-hybridized carbons (Fsp3) is 0.138. The van der Waals surface area contributed by atoms with Crippen molar-refractivity contribution in [3.63, 3.8) is 0 Å². The third-order valence-corrected chi connectivity index (χ3v) is 6.87. The first-order valence-corrected chi connectivity index (χ1v) is 12.6. The largest absolute Gasteiger partial charge is 0.381 e. The van der Waals surface area contributed by atoms with Crippen LogP contribution in [0, 0.1) is 18.8 Å². The lowest BCUT2D eigenvalue weighted by Gasteiger charge is -2.20. The molecule has 6 aromatic rings. The summed E-state index contributed by atoms with van der Waals surface area (Å²) in [6, 6.07) is 12.2. The van der Waals surface area contributed by atoms with Crippen LogP contribution >= 0.6 is 0 Å². The minimum absolute atomic E-state index is 0.0665. The SMILES string of the molecule is Cc1c(C#Cc2ccn3cc([C@@H](C)NC(=O)c4c(N)nn5cccnc45)n(-c4ccccc4)c(=O)c23)cnn1C. The Morgan fingerprint density at radius 1 is 1.07 bits per heavy atom. The van der Waals surface area contributed by atoms with Crippen LogP contribution in [0.3, 0.4) is 0 Å². The molecule has 0 bridgehead atoms. The predicted octanol–water partition coefficient (Wildman–Crippen LogP) is 2.65. The van der Waals surface area contributed by atoms with Crippen molar-refractivity contribution in [2.75, 3.05) is 5.73 Å². The maximum atomic E-state index is 14.1. The van der Waals surface area contributed by atoms with Crippen LogP contribution in [0.1, 0.15) is 45.8 Å². The highest BCUT2D eigenvalue weighted by molar-refractivity contribution is 6.04. The molecule has 0 unspecified atom stereocenters. The van der Waals surface area contributed by atoms with E-state index >= 15 is 0 Å². The maximum absolute atomic E-state index is 14.1. The number of nitrogen functional groups attached to an aromatic ring is 1. The summed E-state index contributed by atoms with van der Waals surface area (Å²) < 4.78 is 6.54. The summed E-state index contributed by atoms with van der Waals surface area (Å²) in [7, 11) is 1.86. The van der Waals surface area contributed by atoms with Crippen molar-refractivity contribution in [3.05, 3.63) is 112 Å². The van der Waals surface area contributed by atoms with Gasteiger partial charge in [-0.2, -0.15) is 5.10 Å². The molecule has 11 heteroatoms. The van der Waals surface area contributed by atoms with Gasteiger partial charge < -0.3 is 15.5 Å². The average molecular weight is 532 g/mol. The topological polar surface area (TPSA) is 130 Å². The first-order chi connectivity index (χ1) is 19.3. The Labute approximate surface area is 228 Å². The average Bonchev–Trinajstić information content (AvgIpc) is 3.62. The summed E-state index contributed by atoms with van der Waals surface area (Å²) in [6.07, 6.45) is 8.56. The molecular formula is C29H25N9O2. The van der Waals surface area contributed by atoms with Gasteiger partial charge in [0.15, 0.2) is 11.5 Å². The van der Waals surface area contributed by atoms with Crippen molar-refractivity contribution in [2.24, 2.45) is 7.05 Å². The quantitative estimate of drug-likeness (QED) is 0.337. The van der Waals surface area contributed by atoms with Gasteiger partial charge in [0.05, 0.1) is 34.8 Å². The number of aryl methyl sites for hydroxylation is 1. The summed E-state index contributed by atoms with van der Waals surface area (Å²) >= 11 is 0. The summed E-state index contributed by atoms with van der Waals surface area (Å²) in [5, 5.41) is 11.4. The van der Waals surface area contributed by atoms with Gasteiger partial charge in [-0.25, -0.2) is 9.50 Å². The molecule has 0 saturated carbocycles. The molecule has 0 aliphatic carbocycles. The van der Waals surface area contributed by atoms with Crippen LogP contribution in [0.2, 0.25) is 0 Å². The van der Waals surface area contributed by atoms with Gasteiger partial charge >= 0.3 is 0 Å². The number of fused-ring (bicyclic) bond motifs is 2. The Hall–Kier alpha value is -5.63. The van der Waals surface area contributed by atoms with Crippen molar-refractivity contribution in [2.45, 2.75) is 19.9 Å². The van der Waals surface area contributed by atoms with Gasteiger partial charge in [-0.15, -0.1) is 5.10 Å². The Kier molecular flexibility index (Phi) is 5.92. The first-order valence-electron chi connectivity index (χ1n) is 12.6. The molecule has 11 nitrogen and oxygen atoms in total. The maximum Gasteiger partial charge on any atom is 0.280 e. The van der Waals surface area contributed by atoms with Crippen molar-refractivity contribution in [1.82, 2.24) is 38.7 Å². The number of nitrogens with one attached hydrogen (secondary N) is 1. The second-order valence-corrected chi connectivity index (χ2v) is 9.38. The Bertz CT molecular complexity index is 2030. The molecule has 1 aromatic carbocycles. The minimum atomic E-state index is -0.585. The van der Waals surface area contributed by atoms with Crippen LogP contribution < -0.4 is 16.6 Å². The van der Waals surface area contributed by atoms with Crippen molar-refractivity contribution in [3.8, 4) is 17.5 Å². The third-order valence-electron chi connectivity index (χ3n) is 6.87. The fourth-order valence-corrected chi connectivity index (χ4v) is 4.67. The van der Waals surface area contributed by atoms with E-state index in [0.717, 1.165) is 11.3 Å². The Balaban J connectivity index is 1.45. The Morgan fingerprint density at radius 3 is 2.60 bits per heavy atom. The molecule has 0 spiro atoms. The molecule has 0 aliphatic rings. The summed E-state index contributed by atoms with van der Waals surface area (Å²) in [5.41, 5.74) is 10.3. The van der Waals surface area contributed by atoms with Gasteiger partial charge in [-0.1, -0.05) is 30.0 Å². The highest BCUT2D eigenvalue weighted by atomic mass is 16.2. The van der Waals surface area contributed by atoms with Gasteiger partial charge in [0.1, 0.15) is 11.1 Å². The minimum Gasteiger partial charge on any atom is -0.381 e. The van der Waals surface area contributed by atoms with Crippen molar-refractivity contribution < 1.29 is 4.79 Å². The number of hydrogen-bond acceptors (Lipinski definition) is 6. The zero-order valence-electron chi connectivity index (χ0n) is 22.0. The lowest BCUT2D eigenvalue weighted by molar-refractivity contribution is 0.0941. The van der Waals surface area contributed by atoms with E-state index in [2.05, 4.69) is 32.3 Å². The second kappa shape index (κ2) is 9.59. The number of aromatic nitrogens is 7. The molecule has 6 rings (SSSR count). The zero-order valence-corrected chi connectivity index (χ0v) is 22.0. The van der Waals surface area contributed by atoms with Gasteiger partial charge in [0.2, 0.25) is 0 Å². The molecule has 5 heterocycles. The summed E-state index contributed by atoms with van der Waals surface area (Å²) in [6.45, 7) is 3.75. The predicted molar refractivity (Wildman–Crippen MR) is 150 cm³/mol. The van der Waals surface area contributed by atoms with Crippen LogP contribution in [0.5, 0.6) is 0 Å². The highest BCUT2D eigenvalue weighted by Crippen LogP contribution is 2.21. The Morgan fingerprint density at radius 2 is 1.85 bits per heavy atom. The normalized spacial score (nSPS) is 11.9. The smallest absolute Gasteiger partial charge is 0.280 e. The molecule has 40 heavy (non-hydrogen) atoms. The van der Waals surface area contributed by atoms with Crippen LogP contribution in [0.15, 0.2) is 78.2 Å². The molecule has 5 aromatic heterocycles. The lowest BCUT2D eigenvalue weighted by Crippen LogP contribution is -2.33. The molecule has 0 aliphatic heterocycles. The lowest BCUT2D eigenvalue weighted by atomic mass is 10.1. The number of rotatable bonds is 4. The summed E-state index contributed by atoms with van der Waals surface area (Å²) in [5.74, 6) is 5.90. The highest BCUT2D eigenvalue weighted by Gasteiger charge is 2.24. The number of benzene rings is 1. The monoisotopic (exact) mass is 531 g/mol. The zero-order chi connectivity index (χ0) is 28.0. The van der Waals surface area contributed by atoms with Crippen LogP contribution in [0.25, 0.3) is 16.9 Å². The number of para-hydroxylation sites is 1. The van der Waals surface area contributed by atoms with Gasteiger partial charge in [-0.05, 0) is 38.1 Å². The van der Waals surface area contributed by atoms with Crippen LogP contribution in [-0.4, -0.2) is 39.3 Å². The molecule has 3 N–H and O–H groups in total. The van der Waals surface area contributed by atoms with Gasteiger partial charge in [0, 0.05) is 37.5 Å². The number of anilines is 1. The molecular weight excluding hydrogens is 506 g/mol. The van der Waals surface area contributed by atoms with E-state index in [0.29, 0.717) is 28.1 Å². The van der Waals surface area contributed by atoms with E-state index in [9.17, 15) is 9.59 Å². The molecule has 198 valence electrons. The van der Waals surface area contributed by atoms with Crippen molar-refractivity contribution >= 4 is 22.9 Å². The van der Waals surface area contributed by atoms with E-state index in [-0.39, 0.29) is 16.9 Å². The fourth-order valence-electron chi connectivity index (χ4n) is 4.67. The number of carbonyl (C=O) groups excluding carboxylic acids is 1. The molecule has 0 saturated heterocycles. The molecule has 0 fully saturated rings. The second-order valence-electron chi connectivity index (χ2n) is 9.38. The van der Waals surface area contributed by atoms with Crippen LogP contribution in [-0.2, 0) is 7.05 Å². The van der Waals surface area contributed by atoms with E-state index in [1.54, 1.807) is 44.5 Å². The van der Waals surface area contributed by atoms with Gasteiger partial charge in [0.25, 0.3) is 11.5 Å².